The summed E-state index contributed by atoms with van der Waals surface area (Å²) in [4.78, 5) is 41.4. The Morgan fingerprint density at radius 3 is 2.81 bits per heavy atom. The number of rotatable bonds is 4. The monoisotopic (exact) mass is 435 g/mol. The summed E-state index contributed by atoms with van der Waals surface area (Å²) in [5, 5.41) is 12.6. The Labute approximate surface area is 174 Å². The fourth-order valence-corrected chi connectivity index (χ4v) is 3.92. The van der Waals surface area contributed by atoms with Gasteiger partial charge < -0.3 is 20.3 Å². The van der Waals surface area contributed by atoms with Crippen LogP contribution in [0.15, 0.2) is 29.2 Å². The molecule has 2 aromatic rings. The van der Waals surface area contributed by atoms with Crippen molar-refractivity contribution in [3.8, 4) is 5.75 Å². The Morgan fingerprint density at radius 2 is 2.06 bits per heavy atom. The minimum absolute atomic E-state index is 0.00732. The number of H-pyrrole nitrogens is 1. The average Bonchev–Trinajstić information content (AvgIpc) is 3.51. The molecule has 164 valence electrons. The Kier molecular flexibility index (Phi) is 5.47. The van der Waals surface area contributed by atoms with Crippen LogP contribution in [0.2, 0.25) is 0 Å². The second kappa shape index (κ2) is 8.09. The van der Waals surface area contributed by atoms with Crippen molar-refractivity contribution in [2.75, 3.05) is 13.1 Å². The van der Waals surface area contributed by atoms with Gasteiger partial charge in [-0.3, -0.25) is 14.4 Å². The van der Waals surface area contributed by atoms with Gasteiger partial charge in [0.15, 0.2) is 11.4 Å². The molecular weight excluding hydrogens is 415 g/mol. The zero-order valence-electron chi connectivity index (χ0n) is 16.3. The molecule has 31 heavy (non-hydrogen) atoms. The lowest BCUT2D eigenvalue weighted by Crippen LogP contribution is -2.35. The van der Waals surface area contributed by atoms with Crippen LogP contribution in [0.1, 0.15) is 39.3 Å². The van der Waals surface area contributed by atoms with Crippen molar-refractivity contribution in [1.82, 2.24) is 15.2 Å². The van der Waals surface area contributed by atoms with E-state index in [2.05, 4.69) is 10.3 Å². The van der Waals surface area contributed by atoms with Crippen molar-refractivity contribution in [2.24, 2.45) is 11.8 Å². The Balaban J connectivity index is 1.48. The maximum Gasteiger partial charge on any atom is 0.274 e. The van der Waals surface area contributed by atoms with E-state index in [1.807, 2.05) is 0 Å². The highest BCUT2D eigenvalue weighted by Crippen LogP contribution is 2.46. The van der Waals surface area contributed by atoms with Gasteiger partial charge >= 0.3 is 0 Å². The summed E-state index contributed by atoms with van der Waals surface area (Å²) in [6, 6.07) is 2.85. The predicted octanol–water partition coefficient (Wildman–Crippen LogP) is 2.11. The van der Waals surface area contributed by atoms with E-state index in [0.29, 0.717) is 19.0 Å². The van der Waals surface area contributed by atoms with Crippen LogP contribution >= 0.6 is 0 Å². The highest BCUT2D eigenvalue weighted by molar-refractivity contribution is 5.98. The summed E-state index contributed by atoms with van der Waals surface area (Å²) in [5.74, 6) is -4.06. The number of hydrogen-bond acceptors (Lipinski definition) is 4. The molecule has 1 aromatic heterocycles. The number of aromatic amines is 1. The third-order valence-electron chi connectivity index (χ3n) is 5.83. The van der Waals surface area contributed by atoms with E-state index >= 15 is 0 Å². The number of amides is 2. The zero-order chi connectivity index (χ0) is 22.3. The molecular formula is C21H20F3N3O4. The van der Waals surface area contributed by atoms with E-state index in [1.54, 1.807) is 0 Å². The Bertz CT molecular complexity index is 1100. The molecule has 4 rings (SSSR count). The van der Waals surface area contributed by atoms with Crippen LogP contribution in [0.5, 0.6) is 5.75 Å². The number of alkyl halides is 1. The largest absolute Gasteiger partial charge is 0.503 e. The first-order valence-corrected chi connectivity index (χ1v) is 9.86. The second-order valence-electron chi connectivity index (χ2n) is 7.89. The number of pyridine rings is 1. The molecule has 7 nitrogen and oxygen atoms in total. The van der Waals surface area contributed by atoms with Gasteiger partial charge in [0.05, 0.1) is 0 Å². The van der Waals surface area contributed by atoms with Crippen LogP contribution in [0, 0.1) is 23.5 Å². The van der Waals surface area contributed by atoms with Gasteiger partial charge in [-0.2, -0.15) is 0 Å². The van der Waals surface area contributed by atoms with Crippen LogP contribution in [0.25, 0.3) is 0 Å². The van der Waals surface area contributed by atoms with Gasteiger partial charge in [-0.15, -0.1) is 0 Å². The van der Waals surface area contributed by atoms with Crippen molar-refractivity contribution in [3.63, 3.8) is 0 Å². The molecule has 10 heteroatoms. The minimum atomic E-state index is -1.07. The summed E-state index contributed by atoms with van der Waals surface area (Å²) < 4.78 is 40.6. The molecule has 3 N–H and O–H groups in total. The number of halogens is 3. The molecule has 2 heterocycles. The van der Waals surface area contributed by atoms with Gasteiger partial charge in [-0.05, 0) is 30.7 Å². The number of aromatic hydroxyl groups is 1. The molecule has 0 bridgehead atoms. The molecule has 0 radical (unpaired) electrons. The van der Waals surface area contributed by atoms with E-state index in [-0.39, 0.29) is 42.6 Å². The number of nitrogens with zero attached hydrogens (tertiary/aromatic N) is 1. The molecule has 1 aliphatic heterocycles. The van der Waals surface area contributed by atoms with Crippen LogP contribution in [-0.2, 0) is 6.54 Å². The predicted molar refractivity (Wildman–Crippen MR) is 103 cm³/mol. The SMILES string of the molecule is O=C(NCc1ccc(F)cc1F)c1c[nH]c(C(=O)N2CCC(F)C3CC3C2)c(O)c1=O. The van der Waals surface area contributed by atoms with Gasteiger partial charge in [-0.25, -0.2) is 13.2 Å². The molecule has 1 aromatic carbocycles. The summed E-state index contributed by atoms with van der Waals surface area (Å²) >= 11 is 0. The van der Waals surface area contributed by atoms with Crippen LogP contribution in [-0.4, -0.2) is 46.1 Å². The molecule has 3 unspecified atom stereocenters. The standard InChI is InChI=1S/C21H20F3N3O4/c22-12-2-1-10(16(24)6-12)7-26-20(30)14-8-25-17(19(29)18(14)28)21(31)27-4-3-15(23)13-5-11(13)9-27/h1-2,6,8,11,13,15,29H,3-5,7,9H2,(H,25,28)(H,26,30). The lowest BCUT2D eigenvalue weighted by molar-refractivity contribution is 0.0738. The molecule has 1 saturated heterocycles. The van der Waals surface area contributed by atoms with Gasteiger partial charge in [0.25, 0.3) is 11.8 Å². The van der Waals surface area contributed by atoms with Crippen molar-refractivity contribution < 1.29 is 27.9 Å². The third-order valence-corrected chi connectivity index (χ3v) is 5.83. The van der Waals surface area contributed by atoms with Gasteiger partial charge in [0.2, 0.25) is 5.43 Å². The molecule has 3 atom stereocenters. The van der Waals surface area contributed by atoms with Gasteiger partial charge in [0.1, 0.15) is 23.4 Å². The van der Waals surface area contributed by atoms with Crippen LogP contribution in [0.4, 0.5) is 13.2 Å². The molecule has 1 aliphatic carbocycles. The Hall–Kier alpha value is -3.30. The van der Waals surface area contributed by atoms with E-state index in [9.17, 15) is 32.7 Å². The minimum Gasteiger partial charge on any atom is -0.503 e. The van der Waals surface area contributed by atoms with Crippen molar-refractivity contribution >= 4 is 11.8 Å². The fourth-order valence-electron chi connectivity index (χ4n) is 3.92. The van der Waals surface area contributed by atoms with Gasteiger partial charge in [-0.1, -0.05) is 6.07 Å². The first-order chi connectivity index (χ1) is 14.8. The number of aromatic nitrogens is 1. The summed E-state index contributed by atoms with van der Waals surface area (Å²) in [5.41, 5.74) is -1.91. The average molecular weight is 435 g/mol. The number of nitrogens with one attached hydrogen (secondary N) is 2. The van der Waals surface area contributed by atoms with Crippen molar-refractivity contribution in [1.29, 1.82) is 0 Å². The van der Waals surface area contributed by atoms with Crippen molar-refractivity contribution in [3.05, 3.63) is 63.1 Å². The highest BCUT2D eigenvalue weighted by Gasteiger charge is 2.47. The molecule has 2 fully saturated rings. The molecule has 2 aliphatic rings. The summed E-state index contributed by atoms with van der Waals surface area (Å²) in [6.07, 6.45) is 0.924. The van der Waals surface area contributed by atoms with E-state index in [1.165, 1.54) is 4.90 Å². The highest BCUT2D eigenvalue weighted by atomic mass is 19.1. The number of fused-ring (bicyclic) bond motifs is 1. The van der Waals surface area contributed by atoms with Gasteiger partial charge in [0, 0.05) is 37.5 Å². The normalized spacial score (nSPS) is 22.4. The lowest BCUT2D eigenvalue weighted by Gasteiger charge is -2.21. The second-order valence-corrected chi connectivity index (χ2v) is 7.89. The summed E-state index contributed by atoms with van der Waals surface area (Å²) in [6.45, 7) is 0.198. The van der Waals surface area contributed by atoms with E-state index in [4.69, 9.17) is 0 Å². The lowest BCUT2D eigenvalue weighted by atomic mass is 10.1. The van der Waals surface area contributed by atoms with Crippen LogP contribution < -0.4 is 10.7 Å². The number of likely N-dealkylation sites (tertiary alicyclic amines) is 1. The third kappa shape index (κ3) is 4.14. The number of hydrogen-bond donors (Lipinski definition) is 3. The van der Waals surface area contributed by atoms with E-state index in [0.717, 1.165) is 18.3 Å². The number of carbonyl (C=O) groups excluding carboxylic acids is 2. The van der Waals surface area contributed by atoms with Crippen molar-refractivity contribution in [2.45, 2.75) is 25.6 Å². The summed E-state index contributed by atoms with van der Waals surface area (Å²) in [7, 11) is 0. The van der Waals surface area contributed by atoms with Crippen LogP contribution in [0.3, 0.4) is 0 Å². The van der Waals surface area contributed by atoms with E-state index < -0.39 is 46.4 Å². The quantitative estimate of drug-likeness (QED) is 0.685. The molecule has 2 amide bonds. The first-order valence-electron chi connectivity index (χ1n) is 9.86. The molecule has 0 spiro atoms. The Morgan fingerprint density at radius 1 is 1.29 bits per heavy atom. The smallest absolute Gasteiger partial charge is 0.274 e. The molecule has 1 saturated carbocycles. The zero-order valence-corrected chi connectivity index (χ0v) is 16.3. The topological polar surface area (TPSA) is 102 Å². The number of benzene rings is 1. The number of carbonyl (C=O) groups is 2. The maximum absolute atomic E-state index is 13.9. The fraction of sp³-hybridized carbons (Fsp3) is 0.381. The first kappa shape index (κ1) is 21.0. The maximum atomic E-state index is 13.9.